The maximum atomic E-state index is 13.7. The molecule has 0 amide bonds. The van der Waals surface area contributed by atoms with Crippen molar-refractivity contribution >= 4 is 5.95 Å². The zero-order chi connectivity index (χ0) is 16.6. The molecule has 0 N–H and O–H groups in total. The molecule has 2 saturated heterocycles. The van der Waals surface area contributed by atoms with E-state index in [9.17, 15) is 8.78 Å². The number of anilines is 1. The van der Waals surface area contributed by atoms with Gasteiger partial charge in [0.1, 0.15) is 11.7 Å². The predicted molar refractivity (Wildman–Crippen MR) is 80.7 cm³/mol. The third-order valence-electron chi connectivity index (χ3n) is 4.30. The Morgan fingerprint density at radius 1 is 1.21 bits per heavy atom. The molecule has 1 atom stereocenters. The zero-order valence-corrected chi connectivity index (χ0v) is 12.9. The Morgan fingerprint density at radius 3 is 2.75 bits per heavy atom. The molecule has 8 heteroatoms. The average Bonchev–Trinajstić information content (AvgIpc) is 2.56. The van der Waals surface area contributed by atoms with Gasteiger partial charge in [-0.3, -0.25) is 0 Å². The van der Waals surface area contributed by atoms with Gasteiger partial charge < -0.3 is 14.4 Å². The highest BCUT2D eigenvalue weighted by molar-refractivity contribution is 5.37. The van der Waals surface area contributed by atoms with E-state index in [0.29, 0.717) is 38.5 Å². The van der Waals surface area contributed by atoms with Crippen LogP contribution in [0.1, 0.15) is 12.8 Å². The van der Waals surface area contributed by atoms with E-state index in [-0.39, 0.29) is 17.6 Å². The monoisotopic (exact) mass is 334 g/mol. The van der Waals surface area contributed by atoms with Crippen LogP contribution in [-0.2, 0) is 4.74 Å². The van der Waals surface area contributed by atoms with Crippen LogP contribution in [0.25, 0.3) is 0 Å². The second-order valence-electron chi connectivity index (χ2n) is 6.11. The molecule has 6 nitrogen and oxygen atoms in total. The first-order chi connectivity index (χ1) is 11.6. The lowest BCUT2D eigenvalue weighted by atomic mass is 9.85. The van der Waals surface area contributed by atoms with Gasteiger partial charge in [0.25, 0.3) is 5.88 Å². The molecule has 4 rings (SSSR count). The molecule has 4 heterocycles. The maximum absolute atomic E-state index is 13.7. The molecule has 24 heavy (non-hydrogen) atoms. The highest BCUT2D eigenvalue weighted by Gasteiger charge is 2.49. The minimum atomic E-state index is -0.465. The van der Waals surface area contributed by atoms with Crippen LogP contribution in [0.3, 0.4) is 0 Å². The molecule has 2 aromatic rings. The first-order valence-electron chi connectivity index (χ1n) is 7.77. The van der Waals surface area contributed by atoms with Gasteiger partial charge in [-0.25, -0.2) is 23.7 Å². The summed E-state index contributed by atoms with van der Waals surface area (Å²) in [6, 6.07) is 2.86. The van der Waals surface area contributed by atoms with Gasteiger partial charge in [-0.15, -0.1) is 0 Å². The Bertz CT molecular complexity index is 722. The van der Waals surface area contributed by atoms with Gasteiger partial charge in [-0.05, 0) is 12.1 Å². The Labute approximate surface area is 137 Å². The zero-order valence-electron chi connectivity index (χ0n) is 12.9. The quantitative estimate of drug-likeness (QED) is 0.855. The summed E-state index contributed by atoms with van der Waals surface area (Å²) >= 11 is 0. The lowest BCUT2D eigenvalue weighted by Gasteiger charge is -2.52. The van der Waals surface area contributed by atoms with E-state index in [1.54, 1.807) is 0 Å². The number of halogens is 2. The number of hydrogen-bond donors (Lipinski definition) is 0. The standard InChI is InChI=1S/C16H16F2N4O2/c17-11-7-20-15(21-8-11)22-9-16(10-22)6-12(3-5-23-16)24-14-13(18)2-1-4-19-14/h1-2,4,7-8,12H,3,5-6,9-10H2/t12-/m1/s1. The highest BCUT2D eigenvalue weighted by Crippen LogP contribution is 2.37. The summed E-state index contributed by atoms with van der Waals surface area (Å²) < 4.78 is 38.2. The van der Waals surface area contributed by atoms with Crippen LogP contribution in [0, 0.1) is 11.6 Å². The van der Waals surface area contributed by atoms with Crippen molar-refractivity contribution in [3.63, 3.8) is 0 Å². The molecule has 0 radical (unpaired) electrons. The van der Waals surface area contributed by atoms with Crippen molar-refractivity contribution in [2.24, 2.45) is 0 Å². The number of hydrogen-bond acceptors (Lipinski definition) is 6. The van der Waals surface area contributed by atoms with Crippen molar-refractivity contribution < 1.29 is 18.3 Å². The summed E-state index contributed by atoms with van der Waals surface area (Å²) in [5, 5.41) is 0. The molecule has 126 valence electrons. The van der Waals surface area contributed by atoms with Gasteiger partial charge in [-0.2, -0.15) is 0 Å². The first kappa shape index (κ1) is 15.2. The van der Waals surface area contributed by atoms with Gasteiger partial charge in [0.15, 0.2) is 11.6 Å². The minimum Gasteiger partial charge on any atom is -0.472 e. The van der Waals surface area contributed by atoms with Crippen molar-refractivity contribution in [2.45, 2.75) is 24.5 Å². The molecule has 0 bridgehead atoms. The summed E-state index contributed by atoms with van der Waals surface area (Å²) in [5.74, 6) is -0.427. The maximum Gasteiger partial charge on any atom is 0.250 e. The molecular weight excluding hydrogens is 318 g/mol. The number of rotatable bonds is 3. The van der Waals surface area contributed by atoms with E-state index in [2.05, 4.69) is 15.0 Å². The summed E-state index contributed by atoms with van der Waals surface area (Å²) in [5.41, 5.74) is -0.355. The number of pyridine rings is 1. The third kappa shape index (κ3) is 2.89. The fourth-order valence-electron chi connectivity index (χ4n) is 3.18. The molecule has 0 unspecified atom stereocenters. The Balaban J connectivity index is 1.39. The molecule has 2 aliphatic heterocycles. The molecular formula is C16H16F2N4O2. The van der Waals surface area contributed by atoms with Crippen LogP contribution in [0.2, 0.25) is 0 Å². The topological polar surface area (TPSA) is 60.4 Å². The molecule has 2 aliphatic rings. The SMILES string of the molecule is Fc1cnc(N2CC3(C[C@H](Oc4ncccc4F)CCO3)C2)nc1. The highest BCUT2D eigenvalue weighted by atomic mass is 19.1. The number of ether oxygens (including phenoxy) is 2. The lowest BCUT2D eigenvalue weighted by Crippen LogP contribution is -2.66. The van der Waals surface area contributed by atoms with Crippen molar-refractivity contribution in [2.75, 3.05) is 24.6 Å². The van der Waals surface area contributed by atoms with Crippen molar-refractivity contribution in [3.05, 3.63) is 42.4 Å². The van der Waals surface area contributed by atoms with Gasteiger partial charge in [0, 0.05) is 19.0 Å². The van der Waals surface area contributed by atoms with E-state index in [0.717, 1.165) is 12.4 Å². The Kier molecular flexibility index (Phi) is 3.76. The van der Waals surface area contributed by atoms with Crippen LogP contribution in [0.4, 0.5) is 14.7 Å². The summed E-state index contributed by atoms with van der Waals surface area (Å²) in [6.07, 6.45) is 4.96. The fraction of sp³-hybridized carbons (Fsp3) is 0.438. The van der Waals surface area contributed by atoms with Crippen LogP contribution < -0.4 is 9.64 Å². The van der Waals surface area contributed by atoms with E-state index >= 15 is 0 Å². The Hall–Kier alpha value is -2.35. The van der Waals surface area contributed by atoms with Crippen molar-refractivity contribution in [1.29, 1.82) is 0 Å². The minimum absolute atomic E-state index is 0.0256. The molecule has 1 spiro atoms. The van der Waals surface area contributed by atoms with Gasteiger partial charge in [0.2, 0.25) is 5.95 Å². The molecule has 0 aromatic carbocycles. The molecule has 0 saturated carbocycles. The largest absolute Gasteiger partial charge is 0.472 e. The van der Waals surface area contributed by atoms with Crippen molar-refractivity contribution in [3.8, 4) is 5.88 Å². The van der Waals surface area contributed by atoms with Crippen LogP contribution in [0.5, 0.6) is 5.88 Å². The van der Waals surface area contributed by atoms with Crippen LogP contribution in [-0.4, -0.2) is 46.4 Å². The van der Waals surface area contributed by atoms with Gasteiger partial charge in [0.05, 0.1) is 32.1 Å². The van der Waals surface area contributed by atoms with E-state index in [4.69, 9.17) is 9.47 Å². The van der Waals surface area contributed by atoms with Crippen LogP contribution >= 0.6 is 0 Å². The first-order valence-corrected chi connectivity index (χ1v) is 7.77. The number of aromatic nitrogens is 3. The second kappa shape index (κ2) is 5.94. The smallest absolute Gasteiger partial charge is 0.250 e. The second-order valence-corrected chi connectivity index (χ2v) is 6.11. The summed E-state index contributed by atoms with van der Waals surface area (Å²) in [4.78, 5) is 13.8. The van der Waals surface area contributed by atoms with Gasteiger partial charge in [-0.1, -0.05) is 0 Å². The fourth-order valence-corrected chi connectivity index (χ4v) is 3.18. The third-order valence-corrected chi connectivity index (χ3v) is 4.30. The van der Waals surface area contributed by atoms with Crippen molar-refractivity contribution in [1.82, 2.24) is 15.0 Å². The van der Waals surface area contributed by atoms with Gasteiger partial charge >= 0.3 is 0 Å². The molecule has 2 aromatic heterocycles. The van der Waals surface area contributed by atoms with Crippen LogP contribution in [0.15, 0.2) is 30.7 Å². The lowest BCUT2D eigenvalue weighted by molar-refractivity contribution is -0.127. The van der Waals surface area contributed by atoms with E-state index < -0.39 is 11.6 Å². The summed E-state index contributed by atoms with van der Waals surface area (Å²) in [7, 11) is 0. The average molecular weight is 334 g/mol. The number of nitrogens with zero attached hydrogens (tertiary/aromatic N) is 4. The molecule has 2 fully saturated rings. The van der Waals surface area contributed by atoms with E-state index in [1.165, 1.54) is 18.3 Å². The summed E-state index contributed by atoms with van der Waals surface area (Å²) in [6.45, 7) is 1.74. The normalized spacial score (nSPS) is 22.2. The predicted octanol–water partition coefficient (Wildman–Crippen LogP) is 1.97. The van der Waals surface area contributed by atoms with E-state index in [1.807, 2.05) is 4.90 Å². The molecule has 0 aliphatic carbocycles. The Morgan fingerprint density at radius 2 is 2.00 bits per heavy atom.